The number of nitrogens with one attached hydrogen (secondary N) is 2. The zero-order valence-corrected chi connectivity index (χ0v) is 18.4. The number of benzene rings is 2. The number of aromatic nitrogens is 4. The topological polar surface area (TPSA) is 91.2 Å². The summed E-state index contributed by atoms with van der Waals surface area (Å²) in [7, 11) is 0. The van der Waals surface area contributed by atoms with E-state index in [9.17, 15) is 4.79 Å². The predicted molar refractivity (Wildman–Crippen MR) is 120 cm³/mol. The van der Waals surface area contributed by atoms with Gasteiger partial charge in [0.05, 0.1) is 5.69 Å². The van der Waals surface area contributed by atoms with Crippen LogP contribution in [0.3, 0.4) is 0 Å². The van der Waals surface area contributed by atoms with Crippen molar-refractivity contribution in [3.05, 3.63) is 64.6 Å². The Labute approximate surface area is 188 Å². The maximum Gasteiger partial charge on any atom is 0.250 e. The summed E-state index contributed by atoms with van der Waals surface area (Å²) in [5.74, 6) is 0.837. The Morgan fingerprint density at radius 3 is 2.45 bits per heavy atom. The van der Waals surface area contributed by atoms with Gasteiger partial charge in [0.1, 0.15) is 6.04 Å². The Kier molecular flexibility index (Phi) is 5.66. The van der Waals surface area contributed by atoms with E-state index in [1.54, 1.807) is 4.68 Å². The minimum absolute atomic E-state index is 0.124. The SMILES string of the molecule is O=C(C1CC(c2ccc(Br)cc2)NN1)N1CCN(c2nnnn2-c2ccccc2)CC1. The maximum absolute atomic E-state index is 13.1. The number of halogens is 1. The van der Waals surface area contributed by atoms with Crippen LogP contribution in [-0.4, -0.2) is 63.2 Å². The molecule has 2 N–H and O–H groups in total. The molecule has 0 saturated carbocycles. The van der Waals surface area contributed by atoms with Crippen molar-refractivity contribution in [2.45, 2.75) is 18.5 Å². The molecule has 31 heavy (non-hydrogen) atoms. The number of tetrazole rings is 1. The van der Waals surface area contributed by atoms with Gasteiger partial charge in [0.25, 0.3) is 0 Å². The van der Waals surface area contributed by atoms with Crippen LogP contribution >= 0.6 is 15.9 Å². The van der Waals surface area contributed by atoms with Gasteiger partial charge in [-0.15, -0.1) is 0 Å². The first-order chi connectivity index (χ1) is 15.2. The van der Waals surface area contributed by atoms with E-state index in [4.69, 9.17) is 0 Å². The van der Waals surface area contributed by atoms with Gasteiger partial charge in [0.15, 0.2) is 0 Å². The Hall–Kier alpha value is -2.82. The van der Waals surface area contributed by atoms with Crippen molar-refractivity contribution < 1.29 is 4.79 Å². The number of amides is 1. The lowest BCUT2D eigenvalue weighted by atomic mass is 10.0. The smallest absolute Gasteiger partial charge is 0.250 e. The summed E-state index contributed by atoms with van der Waals surface area (Å²) in [5, 5.41) is 12.2. The van der Waals surface area contributed by atoms with Crippen LogP contribution in [0.15, 0.2) is 59.1 Å². The molecule has 9 nitrogen and oxygen atoms in total. The van der Waals surface area contributed by atoms with Gasteiger partial charge in [-0.2, -0.15) is 4.68 Å². The minimum atomic E-state index is -0.227. The first-order valence-corrected chi connectivity index (χ1v) is 11.1. The summed E-state index contributed by atoms with van der Waals surface area (Å²) in [5.41, 5.74) is 8.54. The molecule has 2 saturated heterocycles. The van der Waals surface area contributed by atoms with Gasteiger partial charge in [-0.25, -0.2) is 10.9 Å². The van der Waals surface area contributed by atoms with Crippen molar-refractivity contribution >= 4 is 27.8 Å². The van der Waals surface area contributed by atoms with Crippen LogP contribution in [0.5, 0.6) is 0 Å². The second kappa shape index (κ2) is 8.74. The second-order valence-electron chi connectivity index (χ2n) is 7.72. The number of nitrogens with zero attached hydrogens (tertiary/aromatic N) is 6. The van der Waals surface area contributed by atoms with Crippen LogP contribution in [-0.2, 0) is 4.79 Å². The largest absolute Gasteiger partial charge is 0.338 e. The minimum Gasteiger partial charge on any atom is -0.338 e. The quantitative estimate of drug-likeness (QED) is 0.584. The third-order valence-electron chi connectivity index (χ3n) is 5.80. The lowest BCUT2D eigenvalue weighted by molar-refractivity contribution is -0.133. The van der Waals surface area contributed by atoms with E-state index in [-0.39, 0.29) is 18.0 Å². The van der Waals surface area contributed by atoms with E-state index in [0.29, 0.717) is 32.1 Å². The molecule has 5 rings (SSSR count). The summed E-state index contributed by atoms with van der Waals surface area (Å²) in [4.78, 5) is 17.1. The Bertz CT molecular complexity index is 1030. The second-order valence-corrected chi connectivity index (χ2v) is 8.64. The highest BCUT2D eigenvalue weighted by molar-refractivity contribution is 9.10. The van der Waals surface area contributed by atoms with Gasteiger partial charge in [0, 0.05) is 36.7 Å². The molecule has 2 aromatic carbocycles. The van der Waals surface area contributed by atoms with Crippen molar-refractivity contribution in [2.75, 3.05) is 31.1 Å². The summed E-state index contributed by atoms with van der Waals surface area (Å²) in [6.07, 6.45) is 0.729. The van der Waals surface area contributed by atoms with Crippen molar-refractivity contribution in [3.8, 4) is 5.69 Å². The van der Waals surface area contributed by atoms with Gasteiger partial charge in [-0.3, -0.25) is 4.79 Å². The lowest BCUT2D eigenvalue weighted by Gasteiger charge is -2.35. The molecular formula is C21H23BrN8O. The average Bonchev–Trinajstić information content (AvgIpc) is 3.50. The molecule has 2 unspecified atom stereocenters. The maximum atomic E-state index is 13.1. The number of carbonyl (C=O) groups is 1. The third kappa shape index (κ3) is 4.18. The van der Waals surface area contributed by atoms with Crippen molar-refractivity contribution in [1.29, 1.82) is 0 Å². The molecule has 3 heterocycles. The monoisotopic (exact) mass is 482 g/mol. The molecule has 0 bridgehead atoms. The molecule has 1 aromatic heterocycles. The number of anilines is 1. The highest BCUT2D eigenvalue weighted by atomic mass is 79.9. The number of hydrazine groups is 1. The van der Waals surface area contributed by atoms with Crippen molar-refractivity contribution in [3.63, 3.8) is 0 Å². The number of para-hydroxylation sites is 1. The standard InChI is InChI=1S/C21H23BrN8O/c22-16-8-6-15(7-9-16)18-14-19(24-23-18)20(31)28-10-12-29(13-11-28)21-25-26-27-30(21)17-4-2-1-3-5-17/h1-9,18-19,23-24H,10-14H2. The van der Waals surface area contributed by atoms with E-state index in [1.165, 1.54) is 5.56 Å². The average molecular weight is 483 g/mol. The Balaban J connectivity index is 1.19. The van der Waals surface area contributed by atoms with Gasteiger partial charge in [-0.05, 0) is 46.7 Å². The van der Waals surface area contributed by atoms with Crippen LogP contribution < -0.4 is 15.8 Å². The highest BCUT2D eigenvalue weighted by Gasteiger charge is 2.34. The highest BCUT2D eigenvalue weighted by Crippen LogP contribution is 2.25. The Morgan fingerprint density at radius 2 is 1.71 bits per heavy atom. The van der Waals surface area contributed by atoms with Gasteiger partial charge in [-0.1, -0.05) is 51.4 Å². The normalized spacial score (nSPS) is 21.5. The van der Waals surface area contributed by atoms with Crippen LogP contribution in [0.1, 0.15) is 18.0 Å². The predicted octanol–water partition coefficient (Wildman–Crippen LogP) is 1.68. The number of rotatable bonds is 4. The van der Waals surface area contributed by atoms with E-state index in [0.717, 1.165) is 16.6 Å². The number of carbonyl (C=O) groups excluding carboxylic acids is 1. The van der Waals surface area contributed by atoms with Crippen LogP contribution in [0.2, 0.25) is 0 Å². The molecule has 3 aromatic rings. The number of piperazine rings is 1. The molecule has 2 aliphatic rings. The fraction of sp³-hybridized carbons (Fsp3) is 0.333. The molecule has 2 fully saturated rings. The fourth-order valence-electron chi connectivity index (χ4n) is 4.09. The molecule has 2 aliphatic heterocycles. The van der Waals surface area contributed by atoms with Crippen molar-refractivity contribution in [2.24, 2.45) is 0 Å². The summed E-state index contributed by atoms with van der Waals surface area (Å²) in [6, 6.07) is 17.9. The van der Waals surface area contributed by atoms with E-state index in [1.807, 2.05) is 47.4 Å². The lowest BCUT2D eigenvalue weighted by Crippen LogP contribution is -2.54. The Morgan fingerprint density at radius 1 is 0.968 bits per heavy atom. The first kappa shape index (κ1) is 20.1. The molecule has 160 valence electrons. The van der Waals surface area contributed by atoms with Gasteiger partial charge in [0.2, 0.25) is 11.9 Å². The van der Waals surface area contributed by atoms with Gasteiger partial charge < -0.3 is 9.80 Å². The summed E-state index contributed by atoms with van der Waals surface area (Å²) in [6.45, 7) is 2.66. The summed E-state index contributed by atoms with van der Waals surface area (Å²) >= 11 is 3.46. The molecule has 1 amide bonds. The first-order valence-electron chi connectivity index (χ1n) is 10.3. The fourth-order valence-corrected chi connectivity index (χ4v) is 4.36. The molecule has 0 aliphatic carbocycles. The molecule has 0 spiro atoms. The van der Waals surface area contributed by atoms with Crippen LogP contribution in [0.25, 0.3) is 5.69 Å². The van der Waals surface area contributed by atoms with Gasteiger partial charge >= 0.3 is 0 Å². The third-order valence-corrected chi connectivity index (χ3v) is 6.33. The van der Waals surface area contributed by atoms with E-state index in [2.05, 4.69) is 59.3 Å². The molecular weight excluding hydrogens is 460 g/mol. The van der Waals surface area contributed by atoms with Crippen LogP contribution in [0, 0.1) is 0 Å². The number of hydrogen-bond acceptors (Lipinski definition) is 7. The van der Waals surface area contributed by atoms with Crippen LogP contribution in [0.4, 0.5) is 5.95 Å². The molecule has 2 atom stereocenters. The number of hydrogen-bond donors (Lipinski definition) is 2. The zero-order valence-electron chi connectivity index (χ0n) is 16.9. The zero-order chi connectivity index (χ0) is 21.2. The summed E-state index contributed by atoms with van der Waals surface area (Å²) < 4.78 is 2.79. The molecule has 0 radical (unpaired) electrons. The van der Waals surface area contributed by atoms with Crippen molar-refractivity contribution in [1.82, 2.24) is 36.0 Å². The van der Waals surface area contributed by atoms with E-state index < -0.39 is 0 Å². The molecule has 10 heteroatoms. The van der Waals surface area contributed by atoms with E-state index >= 15 is 0 Å².